The van der Waals surface area contributed by atoms with Crippen molar-refractivity contribution >= 4 is 5.91 Å². The molecule has 0 bridgehead atoms. The topological polar surface area (TPSA) is 42.0 Å². The molecule has 1 saturated heterocycles. The van der Waals surface area contributed by atoms with E-state index in [0.29, 0.717) is 55.3 Å². The van der Waals surface area contributed by atoms with Crippen LogP contribution in [0.5, 0.6) is 11.5 Å². The first kappa shape index (κ1) is 28.0. The molecule has 0 spiro atoms. The van der Waals surface area contributed by atoms with Crippen molar-refractivity contribution in [1.82, 2.24) is 9.80 Å². The lowest BCUT2D eigenvalue weighted by atomic mass is 9.87. The zero-order valence-electron chi connectivity index (χ0n) is 23.1. The number of hydrogen-bond donors (Lipinski definition) is 0. The van der Waals surface area contributed by atoms with Crippen molar-refractivity contribution in [2.24, 2.45) is 11.8 Å². The SMILES string of the molecule is Cc1ccc(C(=O)N(CC(C)C)CC2CN(Cc3ccc4c(c3)OCO4)CC2c2cccc(C(F)(F)F)c2)cc1. The van der Waals surface area contributed by atoms with Gasteiger partial charge in [0.1, 0.15) is 0 Å². The van der Waals surface area contributed by atoms with E-state index in [2.05, 4.69) is 18.7 Å². The van der Waals surface area contributed by atoms with Crippen molar-refractivity contribution in [2.45, 2.75) is 39.4 Å². The van der Waals surface area contributed by atoms with E-state index >= 15 is 0 Å². The number of hydrogen-bond acceptors (Lipinski definition) is 4. The second kappa shape index (κ2) is 11.5. The standard InChI is InChI=1S/C32H35F3N2O3/c1-21(2)15-37(31(38)24-10-7-22(3)8-11-24)18-26-17-36(16-23-9-12-29-30(13-23)40-20-39-29)19-28(26)25-5-4-6-27(14-25)32(33,34)35/h4-14,21,26,28H,15-20H2,1-3H3. The summed E-state index contributed by atoms with van der Waals surface area (Å²) in [6, 6.07) is 19.0. The maximum atomic E-state index is 13.6. The first-order valence-corrected chi connectivity index (χ1v) is 13.7. The number of carbonyl (C=O) groups excluding carboxylic acids is 1. The number of likely N-dealkylation sites (tertiary alicyclic amines) is 1. The minimum atomic E-state index is -4.42. The zero-order valence-corrected chi connectivity index (χ0v) is 23.1. The van der Waals surface area contributed by atoms with Gasteiger partial charge in [0.25, 0.3) is 5.91 Å². The molecule has 212 valence electrons. The molecule has 0 aromatic heterocycles. The Morgan fingerprint density at radius 1 is 1.00 bits per heavy atom. The van der Waals surface area contributed by atoms with Crippen LogP contribution in [0.1, 0.15) is 52.4 Å². The van der Waals surface area contributed by atoms with Gasteiger partial charge >= 0.3 is 6.18 Å². The van der Waals surface area contributed by atoms with E-state index in [1.165, 1.54) is 12.1 Å². The molecule has 3 aromatic rings. The Morgan fingerprint density at radius 3 is 2.48 bits per heavy atom. The molecule has 2 heterocycles. The summed E-state index contributed by atoms with van der Waals surface area (Å²) in [5, 5.41) is 0. The highest BCUT2D eigenvalue weighted by molar-refractivity contribution is 5.94. The van der Waals surface area contributed by atoms with Crippen LogP contribution in [0, 0.1) is 18.8 Å². The number of nitrogens with zero attached hydrogens (tertiary/aromatic N) is 2. The molecule has 0 aliphatic carbocycles. The average molecular weight is 553 g/mol. The van der Waals surface area contributed by atoms with Gasteiger partial charge in [-0.2, -0.15) is 13.2 Å². The van der Waals surface area contributed by atoms with Gasteiger partial charge in [0.15, 0.2) is 11.5 Å². The van der Waals surface area contributed by atoms with E-state index in [0.717, 1.165) is 17.2 Å². The highest BCUT2D eigenvalue weighted by atomic mass is 19.4. The lowest BCUT2D eigenvalue weighted by molar-refractivity contribution is -0.137. The van der Waals surface area contributed by atoms with Crippen LogP contribution in [0.2, 0.25) is 0 Å². The summed E-state index contributed by atoms with van der Waals surface area (Å²) < 4.78 is 51.8. The Balaban J connectivity index is 1.42. The van der Waals surface area contributed by atoms with Crippen LogP contribution in [0.4, 0.5) is 13.2 Å². The Morgan fingerprint density at radius 2 is 1.75 bits per heavy atom. The molecule has 2 unspecified atom stereocenters. The van der Waals surface area contributed by atoms with Crippen LogP contribution in [-0.4, -0.2) is 48.7 Å². The molecular formula is C32H35F3N2O3. The van der Waals surface area contributed by atoms with Crippen molar-refractivity contribution < 1.29 is 27.4 Å². The third-order valence-corrected chi connectivity index (χ3v) is 7.63. The summed E-state index contributed by atoms with van der Waals surface area (Å²) >= 11 is 0. The van der Waals surface area contributed by atoms with Gasteiger partial charge in [-0.1, -0.05) is 55.8 Å². The van der Waals surface area contributed by atoms with Crippen LogP contribution in [0.3, 0.4) is 0 Å². The van der Waals surface area contributed by atoms with Crippen molar-refractivity contribution in [3.8, 4) is 11.5 Å². The fraction of sp³-hybridized carbons (Fsp3) is 0.406. The molecule has 0 radical (unpaired) electrons. The number of ether oxygens (including phenoxy) is 2. The van der Waals surface area contributed by atoms with Crippen LogP contribution in [-0.2, 0) is 12.7 Å². The van der Waals surface area contributed by atoms with Crippen LogP contribution in [0.15, 0.2) is 66.7 Å². The van der Waals surface area contributed by atoms with E-state index in [4.69, 9.17) is 9.47 Å². The van der Waals surface area contributed by atoms with E-state index in [1.54, 1.807) is 6.07 Å². The molecule has 5 rings (SSSR count). The van der Waals surface area contributed by atoms with Crippen LogP contribution in [0.25, 0.3) is 0 Å². The quantitative estimate of drug-likeness (QED) is 0.310. The molecule has 2 atom stereocenters. The number of benzene rings is 3. The second-order valence-corrected chi connectivity index (χ2v) is 11.3. The highest BCUT2D eigenvalue weighted by Crippen LogP contribution is 2.39. The normalized spacial score (nSPS) is 18.9. The molecule has 3 aromatic carbocycles. The number of carbonyl (C=O) groups is 1. The monoisotopic (exact) mass is 552 g/mol. The lowest BCUT2D eigenvalue weighted by Gasteiger charge is -2.30. The minimum absolute atomic E-state index is 0.0364. The number of aryl methyl sites for hydroxylation is 1. The van der Waals surface area contributed by atoms with Gasteiger partial charge in [-0.3, -0.25) is 9.69 Å². The number of fused-ring (bicyclic) bond motifs is 1. The van der Waals surface area contributed by atoms with Gasteiger partial charge in [0.2, 0.25) is 6.79 Å². The smallest absolute Gasteiger partial charge is 0.416 e. The summed E-state index contributed by atoms with van der Waals surface area (Å²) in [6.45, 7) is 9.22. The van der Waals surface area contributed by atoms with Crippen molar-refractivity contribution in [1.29, 1.82) is 0 Å². The molecule has 1 fully saturated rings. The molecular weight excluding hydrogens is 517 g/mol. The molecule has 40 heavy (non-hydrogen) atoms. The molecule has 2 aliphatic rings. The average Bonchev–Trinajstić information content (AvgIpc) is 3.54. The van der Waals surface area contributed by atoms with Gasteiger partial charge in [0.05, 0.1) is 5.56 Å². The summed E-state index contributed by atoms with van der Waals surface area (Å²) in [4.78, 5) is 17.8. The van der Waals surface area contributed by atoms with Gasteiger partial charge in [-0.05, 0) is 60.2 Å². The van der Waals surface area contributed by atoms with Gasteiger partial charge in [-0.15, -0.1) is 0 Å². The number of amides is 1. The van der Waals surface area contributed by atoms with E-state index in [1.807, 2.05) is 54.3 Å². The molecule has 5 nitrogen and oxygen atoms in total. The van der Waals surface area contributed by atoms with Crippen LogP contribution < -0.4 is 9.47 Å². The van der Waals surface area contributed by atoms with Gasteiger partial charge < -0.3 is 14.4 Å². The van der Waals surface area contributed by atoms with Gasteiger partial charge in [0, 0.05) is 44.2 Å². The fourth-order valence-electron chi connectivity index (χ4n) is 5.74. The number of alkyl halides is 3. The Labute approximate surface area is 233 Å². The molecule has 1 amide bonds. The third-order valence-electron chi connectivity index (χ3n) is 7.63. The van der Waals surface area contributed by atoms with E-state index < -0.39 is 11.7 Å². The molecule has 0 N–H and O–H groups in total. The maximum absolute atomic E-state index is 13.6. The van der Waals surface area contributed by atoms with Crippen LogP contribution >= 0.6 is 0 Å². The Hall–Kier alpha value is -3.52. The Bertz CT molecular complexity index is 1340. The minimum Gasteiger partial charge on any atom is -0.454 e. The van der Waals surface area contributed by atoms with Crippen molar-refractivity contribution in [2.75, 3.05) is 33.0 Å². The highest BCUT2D eigenvalue weighted by Gasteiger charge is 2.38. The summed E-state index contributed by atoms with van der Waals surface area (Å²) in [5.41, 5.74) is 2.75. The maximum Gasteiger partial charge on any atom is 0.416 e. The second-order valence-electron chi connectivity index (χ2n) is 11.3. The summed E-state index contributed by atoms with van der Waals surface area (Å²) in [5.74, 6) is 1.42. The number of halogens is 3. The summed E-state index contributed by atoms with van der Waals surface area (Å²) in [6.07, 6.45) is -4.42. The van der Waals surface area contributed by atoms with Crippen molar-refractivity contribution in [3.63, 3.8) is 0 Å². The lowest BCUT2D eigenvalue weighted by Crippen LogP contribution is -2.39. The van der Waals surface area contributed by atoms with E-state index in [9.17, 15) is 18.0 Å². The third kappa shape index (κ3) is 6.44. The predicted octanol–water partition coefficient (Wildman–Crippen LogP) is 6.76. The summed E-state index contributed by atoms with van der Waals surface area (Å²) in [7, 11) is 0. The first-order chi connectivity index (χ1) is 19.1. The van der Waals surface area contributed by atoms with Crippen molar-refractivity contribution in [3.05, 3.63) is 94.5 Å². The van der Waals surface area contributed by atoms with E-state index in [-0.39, 0.29) is 30.5 Å². The Kier molecular flexibility index (Phi) is 8.08. The largest absolute Gasteiger partial charge is 0.454 e. The van der Waals surface area contributed by atoms with Gasteiger partial charge in [-0.25, -0.2) is 0 Å². The molecule has 2 aliphatic heterocycles. The predicted molar refractivity (Wildman–Crippen MR) is 147 cm³/mol. The molecule has 0 saturated carbocycles. The molecule has 8 heteroatoms. The number of rotatable bonds is 8. The fourth-order valence-corrected chi connectivity index (χ4v) is 5.74. The zero-order chi connectivity index (χ0) is 28.4. The first-order valence-electron chi connectivity index (χ1n) is 13.7.